The number of hydrogen-bond donors (Lipinski definition) is 1. The van der Waals surface area contributed by atoms with Crippen molar-refractivity contribution in [2.75, 3.05) is 5.73 Å². The third kappa shape index (κ3) is 2.11. The summed E-state index contributed by atoms with van der Waals surface area (Å²) in [5, 5.41) is 3.89. The molecular formula is C14H11FN4O. The Morgan fingerprint density at radius 2 is 2.10 bits per heavy atom. The zero-order chi connectivity index (χ0) is 14.1. The molecule has 0 aliphatic heterocycles. The molecule has 0 aliphatic rings. The number of nitrogen functional groups attached to an aromatic ring is 1. The Kier molecular flexibility index (Phi) is 2.90. The molecule has 2 aromatic heterocycles. The van der Waals surface area contributed by atoms with Crippen molar-refractivity contribution in [2.24, 2.45) is 0 Å². The Hall–Kier alpha value is -2.76. The number of rotatable bonds is 2. The first-order valence-corrected chi connectivity index (χ1v) is 5.96. The average Bonchev–Trinajstić information content (AvgIpc) is 2.92. The maximum Gasteiger partial charge on any atom is 0.258 e. The summed E-state index contributed by atoms with van der Waals surface area (Å²) < 4.78 is 18.3. The normalized spacial score (nSPS) is 10.7. The lowest BCUT2D eigenvalue weighted by atomic mass is 10.2. The zero-order valence-corrected chi connectivity index (χ0v) is 10.7. The van der Waals surface area contributed by atoms with Gasteiger partial charge in [0.1, 0.15) is 11.5 Å². The van der Waals surface area contributed by atoms with E-state index in [1.165, 1.54) is 18.2 Å². The first-order valence-electron chi connectivity index (χ1n) is 5.96. The van der Waals surface area contributed by atoms with Crippen LogP contribution < -0.4 is 5.73 Å². The largest absolute Gasteiger partial charge is 0.396 e. The second-order valence-corrected chi connectivity index (χ2v) is 4.33. The van der Waals surface area contributed by atoms with Crippen LogP contribution in [-0.2, 0) is 0 Å². The van der Waals surface area contributed by atoms with Crippen LogP contribution in [0.15, 0.2) is 41.1 Å². The lowest BCUT2D eigenvalue weighted by Gasteiger charge is -1.98. The summed E-state index contributed by atoms with van der Waals surface area (Å²) in [6, 6.07) is 8.00. The first kappa shape index (κ1) is 12.3. The number of anilines is 1. The maximum atomic E-state index is 13.1. The van der Waals surface area contributed by atoms with Gasteiger partial charge in [0.2, 0.25) is 5.82 Å². The Morgan fingerprint density at radius 1 is 1.25 bits per heavy atom. The van der Waals surface area contributed by atoms with Crippen molar-refractivity contribution in [1.82, 2.24) is 15.1 Å². The van der Waals surface area contributed by atoms with Crippen LogP contribution in [0.5, 0.6) is 0 Å². The fourth-order valence-corrected chi connectivity index (χ4v) is 1.83. The molecule has 0 fully saturated rings. The van der Waals surface area contributed by atoms with E-state index in [2.05, 4.69) is 15.1 Å². The van der Waals surface area contributed by atoms with E-state index in [9.17, 15) is 4.39 Å². The van der Waals surface area contributed by atoms with E-state index in [0.29, 0.717) is 17.1 Å². The van der Waals surface area contributed by atoms with Crippen LogP contribution in [0.4, 0.5) is 10.1 Å². The molecule has 0 radical (unpaired) electrons. The molecule has 20 heavy (non-hydrogen) atoms. The Morgan fingerprint density at radius 3 is 2.85 bits per heavy atom. The van der Waals surface area contributed by atoms with Gasteiger partial charge in [-0.1, -0.05) is 11.2 Å². The highest BCUT2D eigenvalue weighted by Crippen LogP contribution is 2.25. The molecule has 0 aliphatic carbocycles. The van der Waals surface area contributed by atoms with Gasteiger partial charge in [0, 0.05) is 11.8 Å². The van der Waals surface area contributed by atoms with Gasteiger partial charge in [-0.2, -0.15) is 4.98 Å². The predicted molar refractivity (Wildman–Crippen MR) is 72.1 cm³/mol. The number of benzene rings is 1. The van der Waals surface area contributed by atoms with Gasteiger partial charge in [-0.25, -0.2) is 4.39 Å². The molecule has 2 N–H and O–H groups in total. The predicted octanol–water partition coefficient (Wildman–Crippen LogP) is 2.83. The lowest BCUT2D eigenvalue weighted by molar-refractivity contribution is 0.432. The molecule has 0 atom stereocenters. The molecule has 0 amide bonds. The van der Waals surface area contributed by atoms with Gasteiger partial charge in [-0.3, -0.25) is 4.98 Å². The number of halogens is 1. The number of aryl methyl sites for hydroxylation is 1. The van der Waals surface area contributed by atoms with Crippen LogP contribution in [0.3, 0.4) is 0 Å². The van der Waals surface area contributed by atoms with Gasteiger partial charge >= 0.3 is 0 Å². The first-order chi connectivity index (χ1) is 9.65. The van der Waals surface area contributed by atoms with E-state index in [0.717, 1.165) is 5.56 Å². The molecule has 0 saturated heterocycles. The fourth-order valence-electron chi connectivity index (χ4n) is 1.83. The standard InChI is InChI=1S/C14H11FN4O/c1-8-3-2-6-17-12(8)13-18-14(20-19-13)9-4-5-10(15)11(16)7-9/h2-7H,16H2,1H3. The third-order valence-electron chi connectivity index (χ3n) is 2.89. The quantitative estimate of drug-likeness (QED) is 0.724. The van der Waals surface area contributed by atoms with Crippen LogP contribution in [-0.4, -0.2) is 15.1 Å². The molecule has 3 rings (SSSR count). The van der Waals surface area contributed by atoms with Crippen molar-refractivity contribution in [2.45, 2.75) is 6.92 Å². The van der Waals surface area contributed by atoms with E-state index in [-0.39, 0.29) is 11.6 Å². The van der Waals surface area contributed by atoms with Gasteiger partial charge in [-0.05, 0) is 36.8 Å². The van der Waals surface area contributed by atoms with Crippen molar-refractivity contribution in [3.05, 3.63) is 47.9 Å². The van der Waals surface area contributed by atoms with E-state index in [1.807, 2.05) is 19.1 Å². The monoisotopic (exact) mass is 270 g/mol. The minimum atomic E-state index is -0.478. The van der Waals surface area contributed by atoms with E-state index < -0.39 is 5.82 Å². The Labute approximate surface area is 114 Å². The maximum absolute atomic E-state index is 13.1. The summed E-state index contributed by atoms with van der Waals surface area (Å²) >= 11 is 0. The third-order valence-corrected chi connectivity index (χ3v) is 2.89. The molecule has 0 unspecified atom stereocenters. The topological polar surface area (TPSA) is 77.8 Å². The molecule has 5 nitrogen and oxygen atoms in total. The summed E-state index contributed by atoms with van der Waals surface area (Å²) in [6.07, 6.45) is 1.66. The second kappa shape index (κ2) is 4.73. The van der Waals surface area contributed by atoms with Gasteiger partial charge in [0.15, 0.2) is 0 Å². The summed E-state index contributed by atoms with van der Waals surface area (Å²) in [4.78, 5) is 8.48. The van der Waals surface area contributed by atoms with E-state index in [1.54, 1.807) is 6.20 Å². The second-order valence-electron chi connectivity index (χ2n) is 4.33. The molecular weight excluding hydrogens is 259 g/mol. The highest BCUT2D eigenvalue weighted by molar-refractivity contribution is 5.62. The molecule has 1 aromatic carbocycles. The smallest absolute Gasteiger partial charge is 0.258 e. The van der Waals surface area contributed by atoms with Gasteiger partial charge in [-0.15, -0.1) is 0 Å². The summed E-state index contributed by atoms with van der Waals surface area (Å²) in [5.41, 5.74) is 7.72. The molecule has 100 valence electrons. The van der Waals surface area contributed by atoms with Gasteiger partial charge < -0.3 is 10.3 Å². The van der Waals surface area contributed by atoms with Gasteiger partial charge in [0.05, 0.1) is 5.69 Å². The number of nitrogens with zero attached hydrogens (tertiary/aromatic N) is 3. The minimum absolute atomic E-state index is 0.0382. The lowest BCUT2D eigenvalue weighted by Crippen LogP contribution is -1.91. The Bertz CT molecular complexity index is 769. The zero-order valence-electron chi connectivity index (χ0n) is 10.7. The number of aromatic nitrogens is 3. The minimum Gasteiger partial charge on any atom is -0.396 e. The molecule has 0 bridgehead atoms. The number of pyridine rings is 1. The van der Waals surface area contributed by atoms with Crippen LogP contribution >= 0.6 is 0 Å². The molecule has 6 heteroatoms. The summed E-state index contributed by atoms with van der Waals surface area (Å²) in [7, 11) is 0. The van der Waals surface area contributed by atoms with Crippen molar-refractivity contribution < 1.29 is 8.91 Å². The van der Waals surface area contributed by atoms with Crippen LogP contribution in [0.1, 0.15) is 5.56 Å². The summed E-state index contributed by atoms with van der Waals surface area (Å²) in [6.45, 7) is 1.91. The number of hydrogen-bond acceptors (Lipinski definition) is 5. The van der Waals surface area contributed by atoms with Crippen LogP contribution in [0.25, 0.3) is 23.0 Å². The van der Waals surface area contributed by atoms with Crippen LogP contribution in [0, 0.1) is 12.7 Å². The van der Waals surface area contributed by atoms with E-state index >= 15 is 0 Å². The number of nitrogens with two attached hydrogens (primary N) is 1. The van der Waals surface area contributed by atoms with Crippen molar-refractivity contribution in [3.63, 3.8) is 0 Å². The van der Waals surface area contributed by atoms with Crippen molar-refractivity contribution in [1.29, 1.82) is 0 Å². The molecule has 3 aromatic rings. The Balaban J connectivity index is 2.02. The highest BCUT2D eigenvalue weighted by Gasteiger charge is 2.14. The average molecular weight is 270 g/mol. The SMILES string of the molecule is Cc1cccnc1-c1noc(-c2ccc(F)c(N)c2)n1. The van der Waals surface area contributed by atoms with Crippen LogP contribution in [0.2, 0.25) is 0 Å². The molecule has 0 spiro atoms. The van der Waals surface area contributed by atoms with Crippen molar-refractivity contribution >= 4 is 5.69 Å². The molecule has 2 heterocycles. The fraction of sp³-hybridized carbons (Fsp3) is 0.0714. The molecule has 0 saturated carbocycles. The van der Waals surface area contributed by atoms with Gasteiger partial charge in [0.25, 0.3) is 5.89 Å². The van der Waals surface area contributed by atoms with E-state index in [4.69, 9.17) is 10.3 Å². The van der Waals surface area contributed by atoms with Crippen molar-refractivity contribution in [3.8, 4) is 23.0 Å². The highest BCUT2D eigenvalue weighted by atomic mass is 19.1. The summed E-state index contributed by atoms with van der Waals surface area (Å²) in [5.74, 6) is 0.187.